The lowest BCUT2D eigenvalue weighted by atomic mass is 9.87. The number of hydrogen-bond acceptors (Lipinski definition) is 3. The molecule has 104 valence electrons. The highest BCUT2D eigenvalue weighted by Gasteiger charge is 2.26. The number of hydrogen-bond donors (Lipinski definition) is 1. The van der Waals surface area contributed by atoms with Crippen molar-refractivity contribution in [3.63, 3.8) is 0 Å². The summed E-state index contributed by atoms with van der Waals surface area (Å²) in [7, 11) is 0. The van der Waals surface area contributed by atoms with Crippen LogP contribution in [0.1, 0.15) is 34.3 Å². The van der Waals surface area contributed by atoms with Crippen LogP contribution in [0.5, 0.6) is 0 Å². The maximum Gasteiger partial charge on any atom is 0.166 e. The summed E-state index contributed by atoms with van der Waals surface area (Å²) < 4.78 is 0. The molecule has 0 aromatic heterocycles. The van der Waals surface area contributed by atoms with Crippen molar-refractivity contribution in [1.29, 1.82) is 0 Å². The quantitative estimate of drug-likeness (QED) is 0.844. The van der Waals surface area contributed by atoms with E-state index in [0.29, 0.717) is 12.3 Å². The van der Waals surface area contributed by atoms with Crippen LogP contribution in [0.2, 0.25) is 0 Å². The van der Waals surface area contributed by atoms with E-state index in [1.54, 1.807) is 0 Å². The lowest BCUT2D eigenvalue weighted by molar-refractivity contribution is 0.0842. The summed E-state index contributed by atoms with van der Waals surface area (Å²) in [6, 6.07) is 6.14. The highest BCUT2D eigenvalue weighted by Crippen LogP contribution is 2.23. The predicted molar refractivity (Wildman–Crippen MR) is 78.5 cm³/mol. The number of carbonyl (C=O) groups excluding carboxylic acids is 1. The van der Waals surface area contributed by atoms with Gasteiger partial charge in [-0.15, -0.1) is 0 Å². The van der Waals surface area contributed by atoms with Gasteiger partial charge in [-0.1, -0.05) is 17.7 Å². The molecule has 0 saturated carbocycles. The highest BCUT2D eigenvalue weighted by atomic mass is 16.1. The molecule has 1 saturated heterocycles. The average Bonchev–Trinajstić information content (AvgIpc) is 2.42. The number of carbonyl (C=O) groups is 1. The summed E-state index contributed by atoms with van der Waals surface area (Å²) in [6.45, 7) is 7.72. The van der Waals surface area contributed by atoms with Crippen molar-refractivity contribution in [1.82, 2.24) is 4.90 Å². The zero-order valence-electron chi connectivity index (χ0n) is 12.0. The molecule has 1 aliphatic heterocycles. The monoisotopic (exact) mass is 260 g/mol. The molecule has 1 heterocycles. The van der Waals surface area contributed by atoms with E-state index in [4.69, 9.17) is 5.73 Å². The van der Waals surface area contributed by atoms with Crippen molar-refractivity contribution in [3.05, 3.63) is 34.9 Å². The van der Waals surface area contributed by atoms with Gasteiger partial charge >= 0.3 is 0 Å². The fourth-order valence-electron chi connectivity index (χ4n) is 2.82. The van der Waals surface area contributed by atoms with Crippen LogP contribution in [-0.2, 0) is 0 Å². The van der Waals surface area contributed by atoms with Gasteiger partial charge < -0.3 is 10.6 Å². The number of piperidine rings is 1. The van der Waals surface area contributed by atoms with Crippen molar-refractivity contribution >= 4 is 5.78 Å². The van der Waals surface area contributed by atoms with Crippen LogP contribution in [0, 0.1) is 19.8 Å². The smallest absolute Gasteiger partial charge is 0.166 e. The number of aryl methyl sites for hydroxylation is 2. The first-order chi connectivity index (χ1) is 9.11. The third-order valence-electron chi connectivity index (χ3n) is 4.06. The average molecular weight is 260 g/mol. The minimum Gasteiger partial charge on any atom is -0.329 e. The van der Waals surface area contributed by atoms with Gasteiger partial charge in [0.05, 0.1) is 0 Å². The first-order valence-electron chi connectivity index (χ1n) is 7.15. The van der Waals surface area contributed by atoms with Crippen molar-refractivity contribution in [3.8, 4) is 0 Å². The number of nitrogens with two attached hydrogens (primary N) is 1. The standard InChI is InChI=1S/C16H24N2O/c1-12-3-4-13(2)15(11-12)16(19)14-5-8-18(9-6-14)10-7-17/h3-4,11,14H,5-10,17H2,1-2H3. The Morgan fingerprint density at radius 3 is 2.63 bits per heavy atom. The van der Waals surface area contributed by atoms with Gasteiger partial charge in [-0.05, 0) is 51.4 Å². The molecule has 1 aromatic carbocycles. The predicted octanol–water partition coefficient (Wildman–Crippen LogP) is 2.16. The first-order valence-corrected chi connectivity index (χ1v) is 7.15. The number of nitrogens with zero attached hydrogens (tertiary/aromatic N) is 1. The summed E-state index contributed by atoms with van der Waals surface area (Å²) in [5.74, 6) is 0.517. The van der Waals surface area contributed by atoms with E-state index in [9.17, 15) is 4.79 Å². The molecular formula is C16H24N2O. The van der Waals surface area contributed by atoms with E-state index < -0.39 is 0 Å². The Kier molecular flexibility index (Phi) is 4.72. The second-order valence-corrected chi connectivity index (χ2v) is 5.59. The Morgan fingerprint density at radius 2 is 2.00 bits per heavy atom. The molecule has 0 aliphatic carbocycles. The maximum atomic E-state index is 12.6. The van der Waals surface area contributed by atoms with Gasteiger partial charge in [0.2, 0.25) is 0 Å². The van der Waals surface area contributed by atoms with Gasteiger partial charge in [-0.3, -0.25) is 4.79 Å². The second kappa shape index (κ2) is 6.31. The summed E-state index contributed by atoms with van der Waals surface area (Å²) in [4.78, 5) is 14.9. The summed E-state index contributed by atoms with van der Waals surface area (Å²) in [5, 5.41) is 0. The second-order valence-electron chi connectivity index (χ2n) is 5.59. The topological polar surface area (TPSA) is 46.3 Å². The molecule has 3 nitrogen and oxygen atoms in total. The molecule has 0 bridgehead atoms. The molecule has 2 N–H and O–H groups in total. The van der Waals surface area contributed by atoms with Crippen molar-refractivity contribution in [2.24, 2.45) is 11.7 Å². The van der Waals surface area contributed by atoms with E-state index >= 15 is 0 Å². The number of rotatable bonds is 4. The third kappa shape index (κ3) is 3.43. The zero-order chi connectivity index (χ0) is 13.8. The van der Waals surface area contributed by atoms with Gasteiger partial charge in [0, 0.05) is 24.6 Å². The van der Waals surface area contributed by atoms with E-state index in [2.05, 4.69) is 11.0 Å². The largest absolute Gasteiger partial charge is 0.329 e. The van der Waals surface area contributed by atoms with Crippen LogP contribution in [0.25, 0.3) is 0 Å². The fraction of sp³-hybridized carbons (Fsp3) is 0.562. The summed E-state index contributed by atoms with van der Waals surface area (Å²) >= 11 is 0. The molecule has 0 spiro atoms. The van der Waals surface area contributed by atoms with Crippen LogP contribution in [0.15, 0.2) is 18.2 Å². The van der Waals surface area contributed by atoms with E-state index in [1.807, 2.05) is 26.0 Å². The van der Waals surface area contributed by atoms with Crippen molar-refractivity contribution < 1.29 is 4.79 Å². The Labute approximate surface area is 115 Å². The Bertz CT molecular complexity index is 448. The van der Waals surface area contributed by atoms with Crippen molar-refractivity contribution in [2.75, 3.05) is 26.2 Å². The molecule has 0 amide bonds. The molecule has 19 heavy (non-hydrogen) atoms. The van der Waals surface area contributed by atoms with Crippen LogP contribution in [-0.4, -0.2) is 36.9 Å². The Morgan fingerprint density at radius 1 is 1.32 bits per heavy atom. The lowest BCUT2D eigenvalue weighted by Gasteiger charge is -2.31. The minimum atomic E-state index is 0.189. The van der Waals surface area contributed by atoms with Gasteiger partial charge in [0.15, 0.2) is 5.78 Å². The van der Waals surface area contributed by atoms with Crippen LogP contribution in [0.3, 0.4) is 0 Å². The normalized spacial score (nSPS) is 17.6. The van der Waals surface area contributed by atoms with Gasteiger partial charge in [-0.25, -0.2) is 0 Å². The number of Topliss-reactive ketones (excluding diaryl/α,β-unsaturated/α-hetero) is 1. The molecule has 0 unspecified atom stereocenters. The maximum absolute atomic E-state index is 12.6. The molecule has 1 aromatic rings. The third-order valence-corrected chi connectivity index (χ3v) is 4.06. The van der Waals surface area contributed by atoms with Gasteiger partial charge in [-0.2, -0.15) is 0 Å². The minimum absolute atomic E-state index is 0.189. The van der Waals surface area contributed by atoms with E-state index in [0.717, 1.165) is 49.2 Å². The van der Waals surface area contributed by atoms with Crippen LogP contribution >= 0.6 is 0 Å². The Balaban J connectivity index is 2.03. The summed E-state index contributed by atoms with van der Waals surface area (Å²) in [5.41, 5.74) is 8.75. The van der Waals surface area contributed by atoms with Crippen molar-refractivity contribution in [2.45, 2.75) is 26.7 Å². The first kappa shape index (κ1) is 14.2. The molecule has 1 fully saturated rings. The Hall–Kier alpha value is -1.19. The van der Waals surface area contributed by atoms with E-state index in [1.165, 1.54) is 0 Å². The molecule has 2 rings (SSSR count). The van der Waals surface area contributed by atoms with Gasteiger partial charge in [0.1, 0.15) is 0 Å². The number of benzene rings is 1. The highest BCUT2D eigenvalue weighted by molar-refractivity contribution is 5.99. The number of likely N-dealkylation sites (tertiary alicyclic amines) is 1. The number of ketones is 1. The fourth-order valence-corrected chi connectivity index (χ4v) is 2.82. The van der Waals surface area contributed by atoms with Crippen LogP contribution < -0.4 is 5.73 Å². The van der Waals surface area contributed by atoms with Gasteiger partial charge in [0.25, 0.3) is 0 Å². The molecule has 1 aliphatic rings. The lowest BCUT2D eigenvalue weighted by Crippen LogP contribution is -2.39. The molecular weight excluding hydrogens is 236 g/mol. The molecule has 3 heteroatoms. The van der Waals surface area contributed by atoms with Crippen LogP contribution in [0.4, 0.5) is 0 Å². The molecule has 0 atom stereocenters. The van der Waals surface area contributed by atoms with E-state index in [-0.39, 0.29) is 5.92 Å². The molecule has 0 radical (unpaired) electrons. The SMILES string of the molecule is Cc1ccc(C)c(C(=O)C2CCN(CCN)CC2)c1. The zero-order valence-corrected chi connectivity index (χ0v) is 12.0. The summed E-state index contributed by atoms with van der Waals surface area (Å²) in [6.07, 6.45) is 1.93.